The Balaban J connectivity index is 1.53. The predicted molar refractivity (Wildman–Crippen MR) is 88.3 cm³/mol. The number of piperazine rings is 1. The van der Waals surface area contributed by atoms with Gasteiger partial charge in [0.25, 0.3) is 0 Å². The van der Waals surface area contributed by atoms with Crippen LogP contribution in [0, 0.1) is 0 Å². The van der Waals surface area contributed by atoms with E-state index in [-0.39, 0.29) is 6.17 Å². The molecule has 0 amide bonds. The van der Waals surface area contributed by atoms with Gasteiger partial charge in [0, 0.05) is 38.3 Å². The third-order valence-corrected chi connectivity index (χ3v) is 4.19. The van der Waals surface area contributed by atoms with Crippen LogP contribution in [0.5, 0.6) is 0 Å². The minimum Gasteiger partial charge on any atom is -0.369 e. The molecule has 2 N–H and O–H groups in total. The van der Waals surface area contributed by atoms with Crippen molar-refractivity contribution in [2.45, 2.75) is 12.6 Å². The molecule has 1 atom stereocenters. The molecule has 0 aliphatic carbocycles. The zero-order chi connectivity index (χ0) is 14.5. The number of hydrogen-bond donors (Lipinski definition) is 1. The molecule has 21 heavy (non-hydrogen) atoms. The number of nitrogens with zero attached hydrogens (tertiary/aromatic N) is 2. The second kappa shape index (κ2) is 6.74. The highest BCUT2D eigenvalue weighted by Crippen LogP contribution is 2.16. The number of para-hydroxylation sites is 1. The van der Waals surface area contributed by atoms with Gasteiger partial charge in [0.2, 0.25) is 0 Å². The topological polar surface area (TPSA) is 32.5 Å². The predicted octanol–water partition coefficient (Wildman–Crippen LogP) is 2.34. The molecule has 1 aliphatic rings. The van der Waals surface area contributed by atoms with E-state index in [2.05, 4.69) is 64.4 Å². The fraction of sp³-hybridized carbons (Fsp3) is 0.333. The molecule has 1 saturated heterocycles. The van der Waals surface area contributed by atoms with Gasteiger partial charge in [-0.3, -0.25) is 4.90 Å². The minimum atomic E-state index is 0.116. The van der Waals surface area contributed by atoms with Crippen molar-refractivity contribution in [2.24, 2.45) is 5.73 Å². The maximum Gasteiger partial charge on any atom is 0.0614 e. The van der Waals surface area contributed by atoms with Gasteiger partial charge in [0.1, 0.15) is 0 Å². The standard InChI is InChI=1S/C18H23N3/c19-18(15-16-7-3-1-4-8-16)21-13-11-20(12-14-21)17-9-5-2-6-10-17/h1-10,18H,11-15,19H2. The van der Waals surface area contributed by atoms with Crippen molar-refractivity contribution in [1.29, 1.82) is 0 Å². The van der Waals surface area contributed by atoms with E-state index in [4.69, 9.17) is 5.73 Å². The summed E-state index contributed by atoms with van der Waals surface area (Å²) in [5.41, 5.74) is 9.00. The summed E-state index contributed by atoms with van der Waals surface area (Å²) in [7, 11) is 0. The Bertz CT molecular complexity index is 533. The number of rotatable bonds is 4. The molecule has 1 aliphatic heterocycles. The van der Waals surface area contributed by atoms with E-state index in [0.29, 0.717) is 0 Å². The SMILES string of the molecule is NC(Cc1ccccc1)N1CCN(c2ccccc2)CC1. The maximum absolute atomic E-state index is 6.37. The van der Waals surface area contributed by atoms with Crippen LogP contribution in [-0.4, -0.2) is 37.2 Å². The Morgan fingerprint density at radius 3 is 2.00 bits per heavy atom. The van der Waals surface area contributed by atoms with Crippen molar-refractivity contribution in [1.82, 2.24) is 4.90 Å². The van der Waals surface area contributed by atoms with Crippen LogP contribution < -0.4 is 10.6 Å². The molecule has 0 radical (unpaired) electrons. The molecule has 110 valence electrons. The van der Waals surface area contributed by atoms with E-state index in [1.807, 2.05) is 6.07 Å². The van der Waals surface area contributed by atoms with E-state index in [1.54, 1.807) is 0 Å². The molecule has 1 unspecified atom stereocenters. The number of anilines is 1. The third-order valence-electron chi connectivity index (χ3n) is 4.19. The Labute approximate surface area is 127 Å². The van der Waals surface area contributed by atoms with E-state index >= 15 is 0 Å². The first-order valence-corrected chi connectivity index (χ1v) is 7.66. The Hall–Kier alpha value is -1.84. The average molecular weight is 281 g/mol. The molecule has 1 heterocycles. The smallest absolute Gasteiger partial charge is 0.0614 e. The molecule has 0 aromatic heterocycles. The highest BCUT2D eigenvalue weighted by molar-refractivity contribution is 5.46. The van der Waals surface area contributed by atoms with Crippen molar-refractivity contribution in [2.75, 3.05) is 31.1 Å². The van der Waals surface area contributed by atoms with Crippen LogP contribution in [-0.2, 0) is 6.42 Å². The summed E-state index contributed by atoms with van der Waals surface area (Å²) in [6.45, 7) is 4.16. The number of nitrogens with two attached hydrogens (primary N) is 1. The van der Waals surface area contributed by atoms with Gasteiger partial charge in [-0.1, -0.05) is 48.5 Å². The van der Waals surface area contributed by atoms with Crippen molar-refractivity contribution in [3.05, 3.63) is 66.2 Å². The zero-order valence-electron chi connectivity index (χ0n) is 12.4. The minimum absolute atomic E-state index is 0.116. The first kappa shape index (κ1) is 14.1. The van der Waals surface area contributed by atoms with Crippen LogP contribution in [0.4, 0.5) is 5.69 Å². The molecule has 3 nitrogen and oxygen atoms in total. The van der Waals surface area contributed by atoms with E-state index in [9.17, 15) is 0 Å². The second-order valence-corrected chi connectivity index (χ2v) is 5.62. The van der Waals surface area contributed by atoms with Crippen LogP contribution in [0.25, 0.3) is 0 Å². The summed E-state index contributed by atoms with van der Waals surface area (Å²) in [5.74, 6) is 0. The van der Waals surface area contributed by atoms with Crippen LogP contribution in [0.2, 0.25) is 0 Å². The van der Waals surface area contributed by atoms with Gasteiger partial charge in [0.05, 0.1) is 6.17 Å². The van der Waals surface area contributed by atoms with Crippen LogP contribution in [0.15, 0.2) is 60.7 Å². The maximum atomic E-state index is 6.37. The van der Waals surface area contributed by atoms with Gasteiger partial charge in [-0.05, 0) is 17.7 Å². The molecular weight excluding hydrogens is 258 g/mol. The summed E-state index contributed by atoms with van der Waals surface area (Å²) in [4.78, 5) is 4.83. The largest absolute Gasteiger partial charge is 0.369 e. The van der Waals surface area contributed by atoms with Gasteiger partial charge in [-0.2, -0.15) is 0 Å². The van der Waals surface area contributed by atoms with Gasteiger partial charge >= 0.3 is 0 Å². The molecule has 2 aromatic carbocycles. The second-order valence-electron chi connectivity index (χ2n) is 5.62. The van der Waals surface area contributed by atoms with Gasteiger partial charge in [-0.15, -0.1) is 0 Å². The van der Waals surface area contributed by atoms with E-state index in [1.165, 1.54) is 11.3 Å². The lowest BCUT2D eigenvalue weighted by Gasteiger charge is -2.39. The van der Waals surface area contributed by atoms with Crippen LogP contribution in [0.1, 0.15) is 5.56 Å². The quantitative estimate of drug-likeness (QED) is 0.933. The molecule has 0 bridgehead atoms. The van der Waals surface area contributed by atoms with Crippen molar-refractivity contribution in [3.8, 4) is 0 Å². The molecule has 0 saturated carbocycles. The van der Waals surface area contributed by atoms with Crippen LogP contribution >= 0.6 is 0 Å². The lowest BCUT2D eigenvalue weighted by Crippen LogP contribution is -2.54. The fourth-order valence-corrected chi connectivity index (χ4v) is 2.94. The van der Waals surface area contributed by atoms with Crippen molar-refractivity contribution in [3.63, 3.8) is 0 Å². The lowest BCUT2D eigenvalue weighted by molar-refractivity contribution is 0.187. The number of benzene rings is 2. The normalized spacial score (nSPS) is 17.7. The molecule has 3 heteroatoms. The fourth-order valence-electron chi connectivity index (χ4n) is 2.94. The lowest BCUT2D eigenvalue weighted by atomic mass is 10.1. The average Bonchev–Trinajstić information content (AvgIpc) is 2.57. The molecule has 0 spiro atoms. The van der Waals surface area contributed by atoms with Gasteiger partial charge in [0.15, 0.2) is 0 Å². The molecular formula is C18H23N3. The molecule has 2 aromatic rings. The van der Waals surface area contributed by atoms with Crippen molar-refractivity contribution < 1.29 is 0 Å². The van der Waals surface area contributed by atoms with Gasteiger partial charge in [-0.25, -0.2) is 0 Å². The highest BCUT2D eigenvalue weighted by Gasteiger charge is 2.21. The van der Waals surface area contributed by atoms with Crippen molar-refractivity contribution >= 4 is 5.69 Å². The van der Waals surface area contributed by atoms with E-state index < -0.39 is 0 Å². The summed E-state index contributed by atoms with van der Waals surface area (Å²) in [6.07, 6.45) is 1.04. The first-order chi connectivity index (χ1) is 10.3. The Kier molecular flexibility index (Phi) is 4.53. The Morgan fingerprint density at radius 2 is 1.38 bits per heavy atom. The summed E-state index contributed by atoms with van der Waals surface area (Å²) in [5, 5.41) is 0. The summed E-state index contributed by atoms with van der Waals surface area (Å²) >= 11 is 0. The first-order valence-electron chi connectivity index (χ1n) is 7.66. The summed E-state index contributed by atoms with van der Waals surface area (Å²) in [6, 6.07) is 21.1. The monoisotopic (exact) mass is 281 g/mol. The van der Waals surface area contributed by atoms with Gasteiger partial charge < -0.3 is 10.6 Å². The number of hydrogen-bond acceptors (Lipinski definition) is 3. The zero-order valence-corrected chi connectivity index (χ0v) is 12.4. The Morgan fingerprint density at radius 1 is 0.810 bits per heavy atom. The van der Waals surface area contributed by atoms with E-state index in [0.717, 1.165) is 32.6 Å². The van der Waals surface area contributed by atoms with Crippen LogP contribution in [0.3, 0.4) is 0 Å². The molecule has 3 rings (SSSR count). The highest BCUT2D eigenvalue weighted by atomic mass is 15.3. The molecule has 1 fully saturated rings. The summed E-state index contributed by atoms with van der Waals surface area (Å²) < 4.78 is 0. The third kappa shape index (κ3) is 3.63.